The number of para-hydroxylation sites is 1. The molecule has 0 bridgehead atoms. The highest BCUT2D eigenvalue weighted by molar-refractivity contribution is 7.89. The fourth-order valence-corrected chi connectivity index (χ4v) is 5.18. The highest BCUT2D eigenvalue weighted by Gasteiger charge is 2.34. The predicted molar refractivity (Wildman–Crippen MR) is 119 cm³/mol. The largest absolute Gasteiger partial charge is 0.487 e. The molecule has 4 rings (SSSR count). The SMILES string of the molecule is CC(C)(C)c1ccc(S(=O)(=O)N2CC[C@H](Oc3cccc4ccc(N)nc34)C2)cc1. The van der Waals surface area contributed by atoms with E-state index in [-0.39, 0.29) is 11.5 Å². The first-order chi connectivity index (χ1) is 14.1. The second-order valence-corrected chi connectivity index (χ2v) is 10.7. The summed E-state index contributed by atoms with van der Waals surface area (Å²) in [7, 11) is -3.56. The van der Waals surface area contributed by atoms with Gasteiger partial charge in [-0.1, -0.05) is 45.0 Å². The fraction of sp³-hybridized carbons (Fsp3) is 0.348. The first kappa shape index (κ1) is 20.6. The number of anilines is 1. The first-order valence-corrected chi connectivity index (χ1v) is 11.5. The Kier molecular flexibility index (Phi) is 5.20. The lowest BCUT2D eigenvalue weighted by molar-refractivity contribution is 0.218. The van der Waals surface area contributed by atoms with Gasteiger partial charge in [0.1, 0.15) is 23.2 Å². The molecule has 3 aromatic rings. The van der Waals surface area contributed by atoms with Crippen LogP contribution in [0.2, 0.25) is 0 Å². The second-order valence-electron chi connectivity index (χ2n) is 8.73. The van der Waals surface area contributed by atoms with Crippen LogP contribution in [0.5, 0.6) is 5.75 Å². The van der Waals surface area contributed by atoms with Crippen molar-refractivity contribution < 1.29 is 13.2 Å². The van der Waals surface area contributed by atoms with Gasteiger partial charge in [-0.2, -0.15) is 4.31 Å². The molecule has 1 fully saturated rings. The van der Waals surface area contributed by atoms with E-state index < -0.39 is 10.0 Å². The molecule has 0 saturated carbocycles. The number of ether oxygens (including phenoxy) is 1. The molecule has 2 aromatic carbocycles. The highest BCUT2D eigenvalue weighted by atomic mass is 32.2. The molecule has 0 spiro atoms. The van der Waals surface area contributed by atoms with Gasteiger partial charge in [0.05, 0.1) is 11.4 Å². The summed E-state index contributed by atoms with van der Waals surface area (Å²) in [5.74, 6) is 1.05. The van der Waals surface area contributed by atoms with Gasteiger partial charge in [-0.05, 0) is 47.7 Å². The third-order valence-corrected chi connectivity index (χ3v) is 7.34. The number of hydrogen-bond donors (Lipinski definition) is 1. The van der Waals surface area contributed by atoms with E-state index in [0.29, 0.717) is 41.5 Å². The number of benzene rings is 2. The van der Waals surface area contributed by atoms with E-state index in [0.717, 1.165) is 10.9 Å². The molecule has 7 heteroatoms. The summed E-state index contributed by atoms with van der Waals surface area (Å²) < 4.78 is 33.8. The zero-order valence-electron chi connectivity index (χ0n) is 17.5. The topological polar surface area (TPSA) is 85.5 Å². The molecule has 158 valence electrons. The minimum Gasteiger partial charge on any atom is -0.487 e. The van der Waals surface area contributed by atoms with Crippen LogP contribution in [-0.4, -0.2) is 36.9 Å². The van der Waals surface area contributed by atoms with Crippen LogP contribution >= 0.6 is 0 Å². The summed E-state index contributed by atoms with van der Waals surface area (Å²) >= 11 is 0. The Morgan fingerprint density at radius 1 is 1.07 bits per heavy atom. The maximum atomic E-state index is 13.1. The molecule has 6 nitrogen and oxygen atoms in total. The zero-order chi connectivity index (χ0) is 21.5. The van der Waals surface area contributed by atoms with Crippen LogP contribution in [0.1, 0.15) is 32.8 Å². The lowest BCUT2D eigenvalue weighted by Crippen LogP contribution is -2.31. The quantitative estimate of drug-likeness (QED) is 0.684. The molecule has 2 heterocycles. The molecular weight excluding hydrogens is 398 g/mol. The molecule has 0 radical (unpaired) electrons. The van der Waals surface area contributed by atoms with Crippen molar-refractivity contribution in [3.8, 4) is 5.75 Å². The van der Waals surface area contributed by atoms with E-state index in [1.807, 2.05) is 36.4 Å². The minimum atomic E-state index is -3.56. The van der Waals surface area contributed by atoms with Gasteiger partial charge in [-0.3, -0.25) is 0 Å². The molecule has 0 unspecified atom stereocenters. The van der Waals surface area contributed by atoms with E-state index in [4.69, 9.17) is 10.5 Å². The van der Waals surface area contributed by atoms with Crippen molar-refractivity contribution in [3.05, 3.63) is 60.2 Å². The van der Waals surface area contributed by atoms with Crippen molar-refractivity contribution in [2.75, 3.05) is 18.8 Å². The van der Waals surface area contributed by atoms with Crippen LogP contribution in [0.15, 0.2) is 59.5 Å². The first-order valence-electron chi connectivity index (χ1n) is 10.1. The molecule has 0 amide bonds. The molecule has 1 aliphatic rings. The molecule has 2 N–H and O–H groups in total. The number of fused-ring (bicyclic) bond motifs is 1. The van der Waals surface area contributed by atoms with E-state index in [9.17, 15) is 8.42 Å². The van der Waals surface area contributed by atoms with Crippen molar-refractivity contribution in [1.29, 1.82) is 0 Å². The van der Waals surface area contributed by atoms with Crippen molar-refractivity contribution >= 4 is 26.7 Å². The van der Waals surface area contributed by atoms with E-state index >= 15 is 0 Å². The smallest absolute Gasteiger partial charge is 0.243 e. The van der Waals surface area contributed by atoms with Crippen LogP contribution < -0.4 is 10.5 Å². The summed E-state index contributed by atoms with van der Waals surface area (Å²) in [6.07, 6.45) is 0.389. The molecule has 0 aliphatic carbocycles. The lowest BCUT2D eigenvalue weighted by Gasteiger charge is -2.21. The van der Waals surface area contributed by atoms with Crippen molar-refractivity contribution in [2.45, 2.75) is 43.6 Å². The van der Waals surface area contributed by atoms with Crippen molar-refractivity contribution in [1.82, 2.24) is 9.29 Å². The zero-order valence-corrected chi connectivity index (χ0v) is 18.3. The number of nitrogen functional groups attached to an aromatic ring is 1. The average molecular weight is 426 g/mol. The molecule has 30 heavy (non-hydrogen) atoms. The van der Waals surface area contributed by atoms with Crippen LogP contribution in [-0.2, 0) is 15.4 Å². The Morgan fingerprint density at radius 2 is 1.80 bits per heavy atom. The third-order valence-electron chi connectivity index (χ3n) is 5.46. The van der Waals surface area contributed by atoms with E-state index in [1.54, 1.807) is 18.2 Å². The Morgan fingerprint density at radius 3 is 2.50 bits per heavy atom. The van der Waals surface area contributed by atoms with Crippen molar-refractivity contribution in [2.24, 2.45) is 0 Å². The molecule has 1 saturated heterocycles. The molecule has 1 atom stereocenters. The summed E-state index contributed by atoms with van der Waals surface area (Å²) in [6.45, 7) is 7.05. The standard InChI is InChI=1S/C23H27N3O3S/c1-23(2,3)17-8-10-19(11-9-17)30(27,28)26-14-13-18(15-26)29-20-6-4-5-16-7-12-21(24)25-22(16)20/h4-12,18H,13-15H2,1-3H3,(H2,24,25)/t18-/m0/s1. The van der Waals surface area contributed by atoms with Crippen LogP contribution in [0.3, 0.4) is 0 Å². The number of hydrogen-bond acceptors (Lipinski definition) is 5. The fourth-order valence-electron chi connectivity index (χ4n) is 3.70. The number of nitrogens with zero attached hydrogens (tertiary/aromatic N) is 2. The summed E-state index contributed by atoms with van der Waals surface area (Å²) in [6, 6.07) is 16.5. The van der Waals surface area contributed by atoms with Gasteiger partial charge in [-0.15, -0.1) is 0 Å². The maximum absolute atomic E-state index is 13.1. The Labute approximate surface area is 177 Å². The molecular formula is C23H27N3O3S. The number of pyridine rings is 1. The number of sulfonamides is 1. The Bertz CT molecular complexity index is 1170. The monoisotopic (exact) mass is 425 g/mol. The number of nitrogens with two attached hydrogens (primary N) is 1. The van der Waals surface area contributed by atoms with Gasteiger partial charge in [0.2, 0.25) is 10.0 Å². The van der Waals surface area contributed by atoms with Gasteiger partial charge < -0.3 is 10.5 Å². The van der Waals surface area contributed by atoms with Crippen molar-refractivity contribution in [3.63, 3.8) is 0 Å². The maximum Gasteiger partial charge on any atom is 0.243 e. The molecule has 1 aromatic heterocycles. The predicted octanol–water partition coefficient (Wildman–Crippen LogP) is 3.96. The third kappa shape index (κ3) is 4.00. The Hall–Kier alpha value is -2.64. The van der Waals surface area contributed by atoms with Crippen LogP contribution in [0.4, 0.5) is 5.82 Å². The van der Waals surface area contributed by atoms with E-state index in [1.165, 1.54) is 4.31 Å². The normalized spacial score (nSPS) is 18.0. The average Bonchev–Trinajstić information content (AvgIpc) is 3.17. The summed E-state index contributed by atoms with van der Waals surface area (Å²) in [5, 5.41) is 0.933. The number of aromatic nitrogens is 1. The van der Waals surface area contributed by atoms with Gasteiger partial charge in [0.15, 0.2) is 0 Å². The lowest BCUT2D eigenvalue weighted by atomic mass is 9.87. The van der Waals surface area contributed by atoms with Crippen LogP contribution in [0.25, 0.3) is 10.9 Å². The molecule has 1 aliphatic heterocycles. The summed E-state index contributed by atoms with van der Waals surface area (Å²) in [5.41, 5.74) is 7.60. The highest BCUT2D eigenvalue weighted by Crippen LogP contribution is 2.30. The second kappa shape index (κ2) is 7.56. The minimum absolute atomic E-state index is 0.0231. The van der Waals surface area contributed by atoms with Gasteiger partial charge >= 0.3 is 0 Å². The van der Waals surface area contributed by atoms with Crippen LogP contribution in [0, 0.1) is 0 Å². The number of rotatable bonds is 4. The van der Waals surface area contributed by atoms with E-state index in [2.05, 4.69) is 25.8 Å². The Balaban J connectivity index is 1.51. The van der Waals surface area contributed by atoms with Gasteiger partial charge in [0, 0.05) is 11.9 Å². The van der Waals surface area contributed by atoms with Gasteiger partial charge in [0.25, 0.3) is 0 Å². The van der Waals surface area contributed by atoms with Gasteiger partial charge in [-0.25, -0.2) is 13.4 Å². The summed E-state index contributed by atoms with van der Waals surface area (Å²) in [4.78, 5) is 4.70.